The van der Waals surface area contributed by atoms with Gasteiger partial charge in [0, 0.05) is 6.20 Å². The molecule has 1 N–H and O–H groups in total. The molecule has 0 spiro atoms. The Labute approximate surface area is 101 Å². The van der Waals surface area contributed by atoms with Crippen LogP contribution in [0.2, 0.25) is 0 Å². The highest BCUT2D eigenvalue weighted by Crippen LogP contribution is 2.13. The Morgan fingerprint density at radius 2 is 1.88 bits per heavy atom. The van der Waals surface area contributed by atoms with E-state index < -0.39 is 0 Å². The van der Waals surface area contributed by atoms with E-state index in [1.165, 1.54) is 5.56 Å². The highest BCUT2D eigenvalue weighted by atomic mass is 15.3. The van der Waals surface area contributed by atoms with Crippen LogP contribution in [-0.2, 0) is 0 Å². The summed E-state index contributed by atoms with van der Waals surface area (Å²) in [5.41, 5.74) is 7.00. The molecule has 0 aliphatic carbocycles. The molecule has 2 rings (SSSR count). The van der Waals surface area contributed by atoms with Crippen LogP contribution in [0, 0.1) is 6.92 Å². The fourth-order valence-electron chi connectivity index (χ4n) is 1.48. The third-order valence-corrected chi connectivity index (χ3v) is 2.52. The van der Waals surface area contributed by atoms with E-state index in [1.807, 2.05) is 56.3 Å². The molecule has 1 aromatic carbocycles. The summed E-state index contributed by atoms with van der Waals surface area (Å²) in [5, 5.41) is 4.33. The lowest BCUT2D eigenvalue weighted by atomic mass is 10.2. The Bertz CT molecular complexity index is 518. The number of aryl methyl sites for hydroxylation is 1. The van der Waals surface area contributed by atoms with Crippen LogP contribution < -0.4 is 5.43 Å². The number of nitrogens with zero attached hydrogens (tertiary/aromatic N) is 2. The van der Waals surface area contributed by atoms with E-state index in [4.69, 9.17) is 0 Å². The van der Waals surface area contributed by atoms with Crippen LogP contribution in [0.5, 0.6) is 0 Å². The Kier molecular flexibility index (Phi) is 3.50. The monoisotopic (exact) mass is 225 g/mol. The number of hydrogen-bond donors (Lipinski definition) is 1. The molecular weight excluding hydrogens is 210 g/mol. The summed E-state index contributed by atoms with van der Waals surface area (Å²) in [7, 11) is 0. The maximum atomic E-state index is 4.33. The lowest BCUT2D eigenvalue weighted by Crippen LogP contribution is -2.02. The minimum Gasteiger partial charge on any atom is -0.278 e. The Balaban J connectivity index is 2.14. The topological polar surface area (TPSA) is 37.3 Å². The van der Waals surface area contributed by atoms with Crippen LogP contribution in [0.1, 0.15) is 18.2 Å². The molecule has 0 aliphatic rings. The predicted octanol–water partition coefficient (Wildman–Crippen LogP) is 3.23. The molecule has 86 valence electrons. The number of aromatic nitrogens is 1. The summed E-state index contributed by atoms with van der Waals surface area (Å²) in [6, 6.07) is 13.8. The standard InChI is InChI=1S/C14H15N3/c1-11-7-3-4-8-13(11)17-16-12(2)14-9-5-6-10-15-14/h3-10,17H,1-2H3/b16-12-. The highest BCUT2D eigenvalue weighted by Gasteiger charge is 1.98. The van der Waals surface area contributed by atoms with Crippen LogP contribution in [-0.4, -0.2) is 10.7 Å². The summed E-state index contributed by atoms with van der Waals surface area (Å²) in [6.07, 6.45) is 1.77. The van der Waals surface area contributed by atoms with Gasteiger partial charge >= 0.3 is 0 Å². The Morgan fingerprint density at radius 3 is 2.59 bits per heavy atom. The molecule has 0 fully saturated rings. The molecule has 1 heterocycles. The van der Waals surface area contributed by atoms with Crippen LogP contribution >= 0.6 is 0 Å². The van der Waals surface area contributed by atoms with Gasteiger partial charge in [0.05, 0.1) is 17.1 Å². The van der Waals surface area contributed by atoms with E-state index in [9.17, 15) is 0 Å². The first kappa shape index (κ1) is 11.3. The second-order valence-corrected chi connectivity index (χ2v) is 3.84. The van der Waals surface area contributed by atoms with Gasteiger partial charge in [0.1, 0.15) is 0 Å². The van der Waals surface area contributed by atoms with Gasteiger partial charge in [-0.15, -0.1) is 0 Å². The van der Waals surface area contributed by atoms with Crippen LogP contribution in [0.4, 0.5) is 5.69 Å². The maximum absolute atomic E-state index is 4.33. The van der Waals surface area contributed by atoms with E-state index >= 15 is 0 Å². The van der Waals surface area contributed by atoms with Crippen molar-refractivity contribution >= 4 is 11.4 Å². The number of nitrogens with one attached hydrogen (secondary N) is 1. The molecule has 3 heteroatoms. The van der Waals surface area contributed by atoms with Crippen molar-refractivity contribution in [1.29, 1.82) is 0 Å². The molecule has 0 aliphatic heterocycles. The van der Waals surface area contributed by atoms with Crippen molar-refractivity contribution in [2.75, 3.05) is 5.43 Å². The summed E-state index contributed by atoms with van der Waals surface area (Å²) in [5.74, 6) is 0. The van der Waals surface area contributed by atoms with Crippen LogP contribution in [0.15, 0.2) is 53.8 Å². The number of anilines is 1. The molecular formula is C14H15N3. The third kappa shape index (κ3) is 2.91. The molecule has 0 radical (unpaired) electrons. The number of para-hydroxylation sites is 1. The first-order valence-electron chi connectivity index (χ1n) is 5.55. The van der Waals surface area contributed by atoms with Crippen molar-refractivity contribution in [3.8, 4) is 0 Å². The molecule has 2 aromatic rings. The second-order valence-electron chi connectivity index (χ2n) is 3.84. The number of hydrazone groups is 1. The zero-order chi connectivity index (χ0) is 12.1. The fraction of sp³-hybridized carbons (Fsp3) is 0.143. The van der Waals surface area contributed by atoms with E-state index in [-0.39, 0.29) is 0 Å². The first-order valence-corrected chi connectivity index (χ1v) is 5.55. The van der Waals surface area contributed by atoms with Gasteiger partial charge in [-0.3, -0.25) is 10.4 Å². The van der Waals surface area contributed by atoms with E-state index in [2.05, 4.69) is 15.5 Å². The van der Waals surface area contributed by atoms with Gasteiger partial charge in [-0.2, -0.15) is 5.10 Å². The molecule has 3 nitrogen and oxygen atoms in total. The molecule has 0 amide bonds. The summed E-state index contributed by atoms with van der Waals surface area (Å²) >= 11 is 0. The van der Waals surface area contributed by atoms with Crippen LogP contribution in [0.25, 0.3) is 0 Å². The van der Waals surface area contributed by atoms with Gasteiger partial charge in [0.15, 0.2) is 0 Å². The van der Waals surface area contributed by atoms with Gasteiger partial charge < -0.3 is 0 Å². The number of benzene rings is 1. The lowest BCUT2D eigenvalue weighted by Gasteiger charge is -2.05. The summed E-state index contributed by atoms with van der Waals surface area (Å²) < 4.78 is 0. The summed E-state index contributed by atoms with van der Waals surface area (Å²) in [4.78, 5) is 4.24. The smallest absolute Gasteiger partial charge is 0.0859 e. The molecule has 0 unspecified atom stereocenters. The van der Waals surface area contributed by atoms with Gasteiger partial charge in [-0.05, 0) is 37.6 Å². The van der Waals surface area contributed by atoms with E-state index in [1.54, 1.807) is 6.20 Å². The maximum Gasteiger partial charge on any atom is 0.0859 e. The largest absolute Gasteiger partial charge is 0.278 e. The average molecular weight is 225 g/mol. The summed E-state index contributed by atoms with van der Waals surface area (Å²) in [6.45, 7) is 3.99. The van der Waals surface area contributed by atoms with Gasteiger partial charge in [0.2, 0.25) is 0 Å². The third-order valence-electron chi connectivity index (χ3n) is 2.52. The lowest BCUT2D eigenvalue weighted by molar-refractivity contribution is 1.24. The van der Waals surface area contributed by atoms with E-state index in [0.29, 0.717) is 0 Å². The van der Waals surface area contributed by atoms with Crippen molar-refractivity contribution in [2.45, 2.75) is 13.8 Å². The minimum absolute atomic E-state index is 0.869. The zero-order valence-electron chi connectivity index (χ0n) is 10.0. The van der Waals surface area contributed by atoms with Gasteiger partial charge in [-0.25, -0.2) is 0 Å². The molecule has 17 heavy (non-hydrogen) atoms. The molecule has 0 saturated carbocycles. The van der Waals surface area contributed by atoms with E-state index in [0.717, 1.165) is 17.1 Å². The fourth-order valence-corrected chi connectivity index (χ4v) is 1.48. The molecule has 0 saturated heterocycles. The van der Waals surface area contributed by atoms with Crippen molar-refractivity contribution < 1.29 is 0 Å². The van der Waals surface area contributed by atoms with Crippen molar-refractivity contribution in [3.63, 3.8) is 0 Å². The second kappa shape index (κ2) is 5.25. The van der Waals surface area contributed by atoms with Gasteiger partial charge in [0.25, 0.3) is 0 Å². The highest BCUT2D eigenvalue weighted by molar-refractivity contribution is 5.97. The van der Waals surface area contributed by atoms with Gasteiger partial charge in [-0.1, -0.05) is 24.3 Å². The number of hydrogen-bond acceptors (Lipinski definition) is 3. The molecule has 1 aromatic heterocycles. The number of pyridine rings is 1. The Morgan fingerprint density at radius 1 is 1.12 bits per heavy atom. The minimum atomic E-state index is 0.869. The first-order chi connectivity index (χ1) is 8.27. The predicted molar refractivity (Wildman–Crippen MR) is 71.2 cm³/mol. The SMILES string of the molecule is C/C(=N/Nc1ccccc1C)c1ccccn1. The molecule has 0 bridgehead atoms. The Hall–Kier alpha value is -2.16. The van der Waals surface area contributed by atoms with Crippen molar-refractivity contribution in [1.82, 2.24) is 4.98 Å². The average Bonchev–Trinajstić information content (AvgIpc) is 2.38. The zero-order valence-corrected chi connectivity index (χ0v) is 10.0. The van der Waals surface area contributed by atoms with Crippen molar-refractivity contribution in [3.05, 3.63) is 59.9 Å². The molecule has 0 atom stereocenters. The quantitative estimate of drug-likeness (QED) is 0.643. The normalized spacial score (nSPS) is 11.3. The van der Waals surface area contributed by atoms with Crippen molar-refractivity contribution in [2.24, 2.45) is 5.10 Å². The van der Waals surface area contributed by atoms with Crippen LogP contribution in [0.3, 0.4) is 0 Å². The number of rotatable bonds is 3.